The summed E-state index contributed by atoms with van der Waals surface area (Å²) in [5.74, 6) is 0. The molecule has 21 heavy (non-hydrogen) atoms. The summed E-state index contributed by atoms with van der Waals surface area (Å²) in [4.78, 5) is 10.7. The van der Waals surface area contributed by atoms with Gasteiger partial charge < -0.3 is 5.32 Å². The van der Waals surface area contributed by atoms with E-state index in [2.05, 4.69) is 17.3 Å². The number of aryl methyl sites for hydroxylation is 2. The monoisotopic (exact) mass is 288 g/mol. The molecule has 0 aliphatic heterocycles. The molecule has 0 atom stereocenters. The molecule has 0 aliphatic rings. The topological polar surface area (TPSA) is 73.0 Å². The van der Waals surface area contributed by atoms with Gasteiger partial charge in [-0.15, -0.1) is 0 Å². The molecule has 6 nitrogen and oxygen atoms in total. The Labute approximate surface area is 123 Å². The van der Waals surface area contributed by atoms with Crippen molar-refractivity contribution in [2.45, 2.75) is 39.8 Å². The van der Waals surface area contributed by atoms with Crippen molar-refractivity contribution in [1.29, 1.82) is 0 Å². The minimum absolute atomic E-state index is 0.171. The molecule has 0 unspecified atom stereocenters. The van der Waals surface area contributed by atoms with Crippen LogP contribution in [0, 0.1) is 10.1 Å². The predicted molar refractivity (Wildman–Crippen MR) is 82.3 cm³/mol. The molecular formula is C15H20N4O2. The molecule has 0 spiro atoms. The molecule has 2 aromatic rings. The van der Waals surface area contributed by atoms with Crippen LogP contribution in [0.15, 0.2) is 30.6 Å². The molecule has 6 heteroatoms. The maximum Gasteiger partial charge on any atom is 0.274 e. The Bertz CT molecular complexity index is 622. The smallest absolute Gasteiger partial charge is 0.274 e. The number of hydrogen-bond acceptors (Lipinski definition) is 4. The van der Waals surface area contributed by atoms with Crippen molar-refractivity contribution in [3.05, 3.63) is 51.8 Å². The summed E-state index contributed by atoms with van der Waals surface area (Å²) in [5.41, 5.74) is 2.73. The van der Waals surface area contributed by atoms with Gasteiger partial charge in [-0.1, -0.05) is 19.9 Å². The van der Waals surface area contributed by atoms with E-state index in [1.54, 1.807) is 12.1 Å². The van der Waals surface area contributed by atoms with Crippen LogP contribution < -0.4 is 5.32 Å². The van der Waals surface area contributed by atoms with E-state index in [4.69, 9.17) is 0 Å². The lowest BCUT2D eigenvalue weighted by Crippen LogP contribution is -2.01. The third-order valence-electron chi connectivity index (χ3n) is 3.30. The lowest BCUT2D eigenvalue weighted by molar-refractivity contribution is -0.385. The Morgan fingerprint density at radius 2 is 2.19 bits per heavy atom. The summed E-state index contributed by atoms with van der Waals surface area (Å²) < 4.78 is 1.90. The van der Waals surface area contributed by atoms with E-state index in [9.17, 15) is 10.1 Å². The van der Waals surface area contributed by atoms with E-state index in [-0.39, 0.29) is 10.6 Å². The second-order valence-electron chi connectivity index (χ2n) is 4.92. The van der Waals surface area contributed by atoms with Gasteiger partial charge in [-0.3, -0.25) is 14.8 Å². The van der Waals surface area contributed by atoms with Crippen LogP contribution in [0.1, 0.15) is 31.4 Å². The lowest BCUT2D eigenvalue weighted by Gasteiger charge is -2.06. The molecule has 2 rings (SSSR count). The van der Waals surface area contributed by atoms with E-state index in [0.717, 1.165) is 29.8 Å². The summed E-state index contributed by atoms with van der Waals surface area (Å²) in [7, 11) is 0. The Morgan fingerprint density at radius 1 is 1.38 bits per heavy atom. The first-order valence-corrected chi connectivity index (χ1v) is 7.16. The highest BCUT2D eigenvalue weighted by molar-refractivity contribution is 5.55. The van der Waals surface area contributed by atoms with Gasteiger partial charge in [0, 0.05) is 42.2 Å². The Balaban J connectivity index is 2.05. The first-order valence-electron chi connectivity index (χ1n) is 7.16. The standard InChI is InChI=1S/C15H20N4O2/c1-3-7-18-11-12(10-17-18)9-16-14-6-5-13(4-2)15(8-14)19(20)21/h5-6,8,10-11,16H,3-4,7,9H2,1-2H3. The van der Waals surface area contributed by atoms with Gasteiger partial charge in [-0.05, 0) is 18.9 Å². The van der Waals surface area contributed by atoms with Crippen molar-refractivity contribution in [1.82, 2.24) is 9.78 Å². The van der Waals surface area contributed by atoms with Crippen molar-refractivity contribution in [3.8, 4) is 0 Å². The molecule has 0 fully saturated rings. The van der Waals surface area contributed by atoms with E-state index < -0.39 is 0 Å². The zero-order valence-corrected chi connectivity index (χ0v) is 12.4. The Hall–Kier alpha value is -2.37. The highest BCUT2D eigenvalue weighted by atomic mass is 16.6. The van der Waals surface area contributed by atoms with Crippen LogP contribution >= 0.6 is 0 Å². The Morgan fingerprint density at radius 3 is 2.86 bits per heavy atom. The molecule has 1 heterocycles. The fraction of sp³-hybridized carbons (Fsp3) is 0.400. The summed E-state index contributed by atoms with van der Waals surface area (Å²) in [5, 5.41) is 18.5. The molecule has 1 N–H and O–H groups in total. The maximum atomic E-state index is 11.0. The van der Waals surface area contributed by atoms with Crippen molar-refractivity contribution < 1.29 is 4.92 Å². The summed E-state index contributed by atoms with van der Waals surface area (Å²) >= 11 is 0. The number of nitro benzene ring substituents is 1. The molecule has 0 aliphatic carbocycles. The third kappa shape index (κ3) is 3.81. The number of hydrogen-bond donors (Lipinski definition) is 1. The van der Waals surface area contributed by atoms with Crippen LogP contribution in [-0.2, 0) is 19.5 Å². The van der Waals surface area contributed by atoms with Crippen molar-refractivity contribution in [3.63, 3.8) is 0 Å². The first kappa shape index (κ1) is 15.0. The van der Waals surface area contributed by atoms with Gasteiger partial charge in [-0.2, -0.15) is 5.10 Å². The van der Waals surface area contributed by atoms with E-state index in [1.807, 2.05) is 30.1 Å². The van der Waals surface area contributed by atoms with Crippen molar-refractivity contribution >= 4 is 11.4 Å². The second kappa shape index (κ2) is 6.88. The SMILES string of the molecule is CCCn1cc(CNc2ccc(CC)c([N+](=O)[O-])c2)cn1. The minimum atomic E-state index is -0.330. The summed E-state index contributed by atoms with van der Waals surface area (Å²) in [6.07, 6.45) is 5.50. The number of nitrogens with zero attached hydrogens (tertiary/aromatic N) is 3. The number of nitro groups is 1. The number of aromatic nitrogens is 2. The van der Waals surface area contributed by atoms with Crippen molar-refractivity contribution in [2.24, 2.45) is 0 Å². The van der Waals surface area contributed by atoms with Crippen LogP contribution in [0.2, 0.25) is 0 Å². The first-order chi connectivity index (χ1) is 10.1. The van der Waals surface area contributed by atoms with Gasteiger partial charge in [0.2, 0.25) is 0 Å². The molecular weight excluding hydrogens is 268 g/mol. The highest BCUT2D eigenvalue weighted by Crippen LogP contribution is 2.24. The van der Waals surface area contributed by atoms with Gasteiger partial charge in [-0.25, -0.2) is 0 Å². The maximum absolute atomic E-state index is 11.0. The van der Waals surface area contributed by atoms with Crippen LogP contribution in [0.4, 0.5) is 11.4 Å². The summed E-state index contributed by atoms with van der Waals surface area (Å²) in [6.45, 7) is 5.52. The fourth-order valence-electron chi connectivity index (χ4n) is 2.20. The molecule has 0 saturated carbocycles. The van der Waals surface area contributed by atoms with E-state index >= 15 is 0 Å². The predicted octanol–water partition coefficient (Wildman–Crippen LogP) is 3.38. The minimum Gasteiger partial charge on any atom is -0.381 e. The molecule has 0 amide bonds. The van der Waals surface area contributed by atoms with Crippen LogP contribution in [-0.4, -0.2) is 14.7 Å². The fourth-order valence-corrected chi connectivity index (χ4v) is 2.20. The number of rotatable bonds is 7. The van der Waals surface area contributed by atoms with E-state index in [0.29, 0.717) is 13.0 Å². The number of anilines is 1. The summed E-state index contributed by atoms with van der Waals surface area (Å²) in [6, 6.07) is 5.28. The highest BCUT2D eigenvalue weighted by Gasteiger charge is 2.12. The van der Waals surface area contributed by atoms with Crippen LogP contribution in [0.5, 0.6) is 0 Å². The zero-order chi connectivity index (χ0) is 15.2. The quantitative estimate of drug-likeness (QED) is 0.626. The zero-order valence-electron chi connectivity index (χ0n) is 12.4. The molecule has 112 valence electrons. The van der Waals surface area contributed by atoms with E-state index in [1.165, 1.54) is 0 Å². The van der Waals surface area contributed by atoms with Gasteiger partial charge in [0.15, 0.2) is 0 Å². The second-order valence-corrected chi connectivity index (χ2v) is 4.92. The molecule has 1 aromatic heterocycles. The molecule has 1 aromatic carbocycles. The van der Waals surface area contributed by atoms with Crippen LogP contribution in [0.25, 0.3) is 0 Å². The van der Waals surface area contributed by atoms with Crippen molar-refractivity contribution in [2.75, 3.05) is 5.32 Å². The van der Waals surface area contributed by atoms with Gasteiger partial charge in [0.1, 0.15) is 0 Å². The average Bonchev–Trinajstić information content (AvgIpc) is 2.93. The average molecular weight is 288 g/mol. The number of nitrogens with one attached hydrogen (secondary N) is 1. The molecule has 0 bridgehead atoms. The largest absolute Gasteiger partial charge is 0.381 e. The van der Waals surface area contributed by atoms with Gasteiger partial charge in [0.25, 0.3) is 5.69 Å². The Kier molecular flexibility index (Phi) is 4.92. The van der Waals surface area contributed by atoms with Gasteiger partial charge >= 0.3 is 0 Å². The van der Waals surface area contributed by atoms with Crippen LogP contribution in [0.3, 0.4) is 0 Å². The normalized spacial score (nSPS) is 10.6. The lowest BCUT2D eigenvalue weighted by atomic mass is 10.1. The molecule has 0 radical (unpaired) electrons. The van der Waals surface area contributed by atoms with Gasteiger partial charge in [0.05, 0.1) is 11.1 Å². The third-order valence-corrected chi connectivity index (χ3v) is 3.30. The molecule has 0 saturated heterocycles. The number of benzene rings is 1.